The minimum absolute atomic E-state index is 0.0672. The lowest BCUT2D eigenvalue weighted by Gasteiger charge is -2.19. The van der Waals surface area contributed by atoms with Gasteiger partial charge in [0.15, 0.2) is 0 Å². The molecule has 0 amide bonds. The molecule has 0 bridgehead atoms. The van der Waals surface area contributed by atoms with Gasteiger partial charge in [0.05, 0.1) is 11.4 Å². The van der Waals surface area contributed by atoms with Crippen LogP contribution in [0.3, 0.4) is 0 Å². The van der Waals surface area contributed by atoms with E-state index in [1.54, 1.807) is 31.2 Å². The molecule has 0 unspecified atom stereocenters. The zero-order valence-corrected chi connectivity index (χ0v) is 10.6. The van der Waals surface area contributed by atoms with Crippen LogP contribution in [0.4, 0.5) is 0 Å². The van der Waals surface area contributed by atoms with Crippen molar-refractivity contribution >= 4 is 10.0 Å². The number of benzene rings is 1. The van der Waals surface area contributed by atoms with Gasteiger partial charge in [0, 0.05) is 13.1 Å². The van der Waals surface area contributed by atoms with E-state index in [0.29, 0.717) is 12.1 Å². The van der Waals surface area contributed by atoms with E-state index in [1.807, 2.05) is 0 Å². The summed E-state index contributed by atoms with van der Waals surface area (Å²) < 4.78 is 25.9. The lowest BCUT2D eigenvalue weighted by atomic mass is 10.2. The molecule has 0 radical (unpaired) electrons. The normalized spacial score (nSPS) is 11.4. The molecule has 17 heavy (non-hydrogen) atoms. The SMILES string of the molecule is C#CCN(CC)S(=O)(=O)c1ccccc1CN. The summed E-state index contributed by atoms with van der Waals surface area (Å²) in [6, 6.07) is 6.70. The van der Waals surface area contributed by atoms with Crippen molar-refractivity contribution < 1.29 is 8.42 Å². The molecule has 0 aliphatic carbocycles. The van der Waals surface area contributed by atoms with E-state index < -0.39 is 10.0 Å². The Bertz CT molecular complexity index is 518. The van der Waals surface area contributed by atoms with E-state index in [-0.39, 0.29) is 18.0 Å². The van der Waals surface area contributed by atoms with Crippen molar-refractivity contribution in [3.8, 4) is 12.3 Å². The molecule has 0 saturated heterocycles. The Labute approximate surface area is 102 Å². The second kappa shape index (κ2) is 5.82. The van der Waals surface area contributed by atoms with Crippen molar-refractivity contribution in [1.82, 2.24) is 4.31 Å². The number of sulfonamides is 1. The first kappa shape index (κ1) is 13.7. The lowest BCUT2D eigenvalue weighted by Crippen LogP contribution is -2.32. The monoisotopic (exact) mass is 252 g/mol. The quantitative estimate of drug-likeness (QED) is 0.788. The van der Waals surface area contributed by atoms with Crippen LogP contribution < -0.4 is 5.73 Å². The van der Waals surface area contributed by atoms with Gasteiger partial charge < -0.3 is 5.73 Å². The third kappa shape index (κ3) is 2.86. The molecule has 1 aromatic rings. The van der Waals surface area contributed by atoms with Crippen LogP contribution in [0.15, 0.2) is 29.2 Å². The Morgan fingerprint density at radius 3 is 2.59 bits per heavy atom. The van der Waals surface area contributed by atoms with Crippen LogP contribution >= 0.6 is 0 Å². The number of hydrogen-bond acceptors (Lipinski definition) is 3. The highest BCUT2D eigenvalue weighted by molar-refractivity contribution is 7.89. The molecular weight excluding hydrogens is 236 g/mol. The molecule has 0 atom stereocenters. The number of nitrogens with zero attached hydrogens (tertiary/aromatic N) is 1. The molecule has 0 aliphatic heterocycles. The van der Waals surface area contributed by atoms with Crippen molar-refractivity contribution in [3.63, 3.8) is 0 Å². The molecule has 0 aliphatic rings. The zero-order chi connectivity index (χ0) is 12.9. The van der Waals surface area contributed by atoms with Crippen LogP contribution in [0.1, 0.15) is 12.5 Å². The Kier molecular flexibility index (Phi) is 4.70. The molecule has 2 N–H and O–H groups in total. The van der Waals surface area contributed by atoms with E-state index in [0.717, 1.165) is 0 Å². The van der Waals surface area contributed by atoms with Crippen molar-refractivity contribution in [3.05, 3.63) is 29.8 Å². The van der Waals surface area contributed by atoms with Crippen molar-refractivity contribution in [1.29, 1.82) is 0 Å². The van der Waals surface area contributed by atoms with Gasteiger partial charge in [-0.15, -0.1) is 6.42 Å². The Morgan fingerprint density at radius 2 is 2.06 bits per heavy atom. The predicted molar refractivity (Wildman–Crippen MR) is 67.6 cm³/mol. The van der Waals surface area contributed by atoms with Crippen molar-refractivity contribution in [2.45, 2.75) is 18.4 Å². The number of nitrogens with two attached hydrogens (primary N) is 1. The van der Waals surface area contributed by atoms with Crippen LogP contribution in [0, 0.1) is 12.3 Å². The highest BCUT2D eigenvalue weighted by Crippen LogP contribution is 2.19. The zero-order valence-electron chi connectivity index (χ0n) is 9.76. The highest BCUT2D eigenvalue weighted by atomic mass is 32.2. The molecule has 1 rings (SSSR count). The molecule has 0 spiro atoms. The molecule has 5 heteroatoms. The second-order valence-electron chi connectivity index (χ2n) is 3.45. The van der Waals surface area contributed by atoms with Crippen LogP contribution in [0.5, 0.6) is 0 Å². The van der Waals surface area contributed by atoms with Gasteiger partial charge in [-0.1, -0.05) is 31.0 Å². The summed E-state index contributed by atoms with van der Waals surface area (Å²) in [7, 11) is -3.55. The van der Waals surface area contributed by atoms with E-state index in [2.05, 4.69) is 5.92 Å². The van der Waals surface area contributed by atoms with E-state index in [9.17, 15) is 8.42 Å². The fourth-order valence-electron chi connectivity index (χ4n) is 1.53. The maximum absolute atomic E-state index is 12.3. The van der Waals surface area contributed by atoms with E-state index >= 15 is 0 Å². The molecule has 0 saturated carbocycles. The van der Waals surface area contributed by atoms with E-state index in [1.165, 1.54) is 4.31 Å². The minimum atomic E-state index is -3.55. The highest BCUT2D eigenvalue weighted by Gasteiger charge is 2.24. The first-order valence-electron chi connectivity index (χ1n) is 5.29. The average molecular weight is 252 g/mol. The number of hydrogen-bond donors (Lipinski definition) is 1. The standard InChI is InChI=1S/C12H16N2O2S/c1-3-9-14(4-2)17(15,16)12-8-6-5-7-11(12)10-13/h1,5-8H,4,9-10,13H2,2H3. The number of terminal acetylenes is 1. The van der Waals surface area contributed by atoms with Gasteiger partial charge in [-0.25, -0.2) is 8.42 Å². The van der Waals surface area contributed by atoms with Crippen LogP contribution in [0.25, 0.3) is 0 Å². The van der Waals surface area contributed by atoms with Gasteiger partial charge in [0.25, 0.3) is 0 Å². The van der Waals surface area contributed by atoms with E-state index in [4.69, 9.17) is 12.2 Å². The van der Waals surface area contributed by atoms with Gasteiger partial charge in [0.1, 0.15) is 0 Å². The third-order valence-electron chi connectivity index (χ3n) is 2.43. The summed E-state index contributed by atoms with van der Waals surface area (Å²) in [4.78, 5) is 0.236. The summed E-state index contributed by atoms with van der Waals surface area (Å²) in [5.74, 6) is 2.35. The van der Waals surface area contributed by atoms with Crippen molar-refractivity contribution in [2.24, 2.45) is 5.73 Å². The fraction of sp³-hybridized carbons (Fsp3) is 0.333. The minimum Gasteiger partial charge on any atom is -0.326 e. The molecule has 92 valence electrons. The molecule has 1 aromatic carbocycles. The first-order valence-corrected chi connectivity index (χ1v) is 6.73. The second-order valence-corrected chi connectivity index (χ2v) is 5.35. The Hall–Kier alpha value is -1.35. The summed E-state index contributed by atoms with van der Waals surface area (Å²) in [6.07, 6.45) is 5.17. The largest absolute Gasteiger partial charge is 0.326 e. The van der Waals surface area contributed by atoms with Crippen LogP contribution in [-0.4, -0.2) is 25.8 Å². The summed E-state index contributed by atoms with van der Waals surface area (Å²) in [5.41, 5.74) is 6.14. The molecular formula is C12H16N2O2S. The Balaban J connectivity index is 3.26. The predicted octanol–water partition coefficient (Wildman–Crippen LogP) is 0.789. The topological polar surface area (TPSA) is 63.4 Å². The van der Waals surface area contributed by atoms with Crippen LogP contribution in [-0.2, 0) is 16.6 Å². The summed E-state index contributed by atoms with van der Waals surface area (Å²) in [6.45, 7) is 2.34. The van der Waals surface area contributed by atoms with Gasteiger partial charge in [-0.2, -0.15) is 4.31 Å². The van der Waals surface area contributed by atoms with Gasteiger partial charge in [-0.3, -0.25) is 0 Å². The van der Waals surface area contributed by atoms with Gasteiger partial charge in [-0.05, 0) is 11.6 Å². The lowest BCUT2D eigenvalue weighted by molar-refractivity contribution is 0.463. The summed E-state index contributed by atoms with van der Waals surface area (Å²) >= 11 is 0. The molecule has 0 fully saturated rings. The fourth-order valence-corrected chi connectivity index (χ4v) is 3.13. The van der Waals surface area contributed by atoms with Gasteiger partial charge in [0.2, 0.25) is 10.0 Å². The molecule has 4 nitrogen and oxygen atoms in total. The third-order valence-corrected chi connectivity index (χ3v) is 4.45. The van der Waals surface area contributed by atoms with Gasteiger partial charge >= 0.3 is 0 Å². The maximum Gasteiger partial charge on any atom is 0.244 e. The molecule has 0 heterocycles. The maximum atomic E-state index is 12.3. The summed E-state index contributed by atoms with van der Waals surface area (Å²) in [5, 5.41) is 0. The number of rotatable bonds is 5. The Morgan fingerprint density at radius 1 is 1.41 bits per heavy atom. The molecule has 0 aromatic heterocycles. The van der Waals surface area contributed by atoms with Crippen LogP contribution in [0.2, 0.25) is 0 Å². The first-order chi connectivity index (χ1) is 8.07. The average Bonchev–Trinajstić information content (AvgIpc) is 2.35. The smallest absolute Gasteiger partial charge is 0.244 e. The van der Waals surface area contributed by atoms with Crippen molar-refractivity contribution in [2.75, 3.05) is 13.1 Å².